The maximum absolute atomic E-state index is 13.9. The number of rotatable bonds is 7. The molecule has 0 N–H and O–H groups in total. The third-order valence-electron chi connectivity index (χ3n) is 4.82. The van der Waals surface area contributed by atoms with E-state index in [1.165, 1.54) is 0 Å². The number of halogens is 1. The summed E-state index contributed by atoms with van der Waals surface area (Å²) in [6, 6.07) is 0.124. The van der Waals surface area contributed by atoms with Crippen LogP contribution in [0, 0.1) is 12.8 Å². The number of aryl methyl sites for hydroxylation is 1. The van der Waals surface area contributed by atoms with Crippen LogP contribution >= 0.6 is 0 Å². The maximum atomic E-state index is 13.9. The van der Waals surface area contributed by atoms with Crippen LogP contribution in [0.5, 0.6) is 0 Å². The van der Waals surface area contributed by atoms with Crippen molar-refractivity contribution in [2.75, 3.05) is 33.3 Å². The molecular formula is C16H25FN4O3. The fraction of sp³-hybridized carbons (Fsp3) is 0.812. The van der Waals surface area contributed by atoms with Gasteiger partial charge in [-0.1, -0.05) is 5.16 Å². The predicted octanol–water partition coefficient (Wildman–Crippen LogP) is 1.18. The molecule has 0 aromatic carbocycles. The van der Waals surface area contributed by atoms with Crippen molar-refractivity contribution < 1.29 is 18.4 Å². The van der Waals surface area contributed by atoms with Crippen LogP contribution in [0.15, 0.2) is 4.52 Å². The van der Waals surface area contributed by atoms with Crippen LogP contribution in [0.3, 0.4) is 0 Å². The van der Waals surface area contributed by atoms with E-state index in [9.17, 15) is 9.18 Å². The Balaban J connectivity index is 1.49. The molecule has 2 aliphatic rings. The van der Waals surface area contributed by atoms with E-state index >= 15 is 0 Å². The third-order valence-corrected chi connectivity index (χ3v) is 4.82. The molecule has 2 aliphatic heterocycles. The highest BCUT2D eigenvalue weighted by molar-refractivity contribution is 5.74. The number of aromatic nitrogens is 2. The first-order chi connectivity index (χ1) is 11.5. The molecule has 0 amide bonds. The normalized spacial score (nSPS) is 28.0. The number of hydrogen-bond donors (Lipinski definition) is 0. The van der Waals surface area contributed by atoms with Crippen molar-refractivity contribution in [2.24, 2.45) is 5.92 Å². The van der Waals surface area contributed by atoms with E-state index in [0.29, 0.717) is 37.8 Å². The zero-order chi connectivity index (χ0) is 17.1. The minimum atomic E-state index is -0.818. The molecule has 0 unspecified atom stereocenters. The van der Waals surface area contributed by atoms with Gasteiger partial charge in [-0.25, -0.2) is 4.39 Å². The van der Waals surface area contributed by atoms with Gasteiger partial charge in [-0.2, -0.15) is 4.98 Å². The topological polar surface area (TPSA) is 71.7 Å². The standard InChI is InChI=1S/C16H25FN4O3/c1-11-18-15(19-24-11)10-21-8-13(17)7-14(21)9-20(2)5-3-12-4-6-23-16(12)22/h12-14H,3-10H2,1-2H3/t12-,13-,14-/m0/s1. The monoisotopic (exact) mass is 340 g/mol. The lowest BCUT2D eigenvalue weighted by molar-refractivity contribution is -0.141. The van der Waals surface area contributed by atoms with Crippen LogP contribution in [-0.2, 0) is 16.1 Å². The highest BCUT2D eigenvalue weighted by Gasteiger charge is 2.34. The summed E-state index contributed by atoms with van der Waals surface area (Å²) in [6.07, 6.45) is 1.31. The van der Waals surface area contributed by atoms with Gasteiger partial charge in [0.25, 0.3) is 0 Å². The summed E-state index contributed by atoms with van der Waals surface area (Å²) < 4.78 is 23.9. The molecule has 8 heteroatoms. The number of carbonyl (C=O) groups is 1. The highest BCUT2D eigenvalue weighted by atomic mass is 19.1. The SMILES string of the molecule is Cc1nc(CN2C[C@@H](F)C[C@H]2CN(C)CC[C@H]2CCOC2=O)no1. The van der Waals surface area contributed by atoms with E-state index < -0.39 is 6.17 Å². The maximum Gasteiger partial charge on any atom is 0.309 e. The average molecular weight is 340 g/mol. The van der Waals surface area contributed by atoms with Crippen molar-refractivity contribution >= 4 is 5.97 Å². The Morgan fingerprint density at radius 1 is 1.46 bits per heavy atom. The first-order valence-electron chi connectivity index (χ1n) is 8.53. The van der Waals surface area contributed by atoms with Crippen molar-refractivity contribution in [3.8, 4) is 0 Å². The van der Waals surface area contributed by atoms with Crippen molar-refractivity contribution in [1.82, 2.24) is 19.9 Å². The van der Waals surface area contributed by atoms with Crippen LogP contribution in [0.25, 0.3) is 0 Å². The van der Waals surface area contributed by atoms with Gasteiger partial charge in [0, 0.05) is 26.1 Å². The summed E-state index contributed by atoms with van der Waals surface area (Å²) in [4.78, 5) is 20.0. The number of likely N-dealkylation sites (tertiary alicyclic amines) is 1. The first-order valence-corrected chi connectivity index (χ1v) is 8.53. The second kappa shape index (κ2) is 7.57. The molecule has 0 aliphatic carbocycles. The molecule has 134 valence electrons. The van der Waals surface area contributed by atoms with Gasteiger partial charge in [-0.15, -0.1) is 0 Å². The molecule has 1 aromatic heterocycles. The minimum absolute atomic E-state index is 0.0170. The second-order valence-corrected chi connectivity index (χ2v) is 6.85. The van der Waals surface area contributed by atoms with Gasteiger partial charge >= 0.3 is 5.97 Å². The molecule has 3 atom stereocenters. The lowest BCUT2D eigenvalue weighted by atomic mass is 10.0. The van der Waals surface area contributed by atoms with Crippen LogP contribution < -0.4 is 0 Å². The van der Waals surface area contributed by atoms with E-state index in [0.717, 1.165) is 25.9 Å². The van der Waals surface area contributed by atoms with Crippen molar-refractivity contribution in [1.29, 1.82) is 0 Å². The number of esters is 1. The Labute approximate surface area is 141 Å². The van der Waals surface area contributed by atoms with E-state index in [-0.39, 0.29) is 17.9 Å². The Bertz CT molecular complexity index is 567. The quantitative estimate of drug-likeness (QED) is 0.690. The zero-order valence-electron chi connectivity index (χ0n) is 14.3. The first kappa shape index (κ1) is 17.3. The highest BCUT2D eigenvalue weighted by Crippen LogP contribution is 2.23. The van der Waals surface area contributed by atoms with Gasteiger partial charge in [-0.3, -0.25) is 9.69 Å². The number of hydrogen-bond acceptors (Lipinski definition) is 7. The third kappa shape index (κ3) is 4.30. The van der Waals surface area contributed by atoms with E-state index in [2.05, 4.69) is 19.9 Å². The predicted molar refractivity (Wildman–Crippen MR) is 83.9 cm³/mol. The Hall–Kier alpha value is -1.54. The summed E-state index contributed by atoms with van der Waals surface area (Å²) in [5.74, 6) is 1.06. The number of carbonyl (C=O) groups excluding carboxylic acids is 1. The van der Waals surface area contributed by atoms with Gasteiger partial charge < -0.3 is 14.2 Å². The van der Waals surface area contributed by atoms with Gasteiger partial charge in [0.1, 0.15) is 6.17 Å². The largest absolute Gasteiger partial charge is 0.465 e. The van der Waals surface area contributed by atoms with Gasteiger partial charge in [0.2, 0.25) is 5.89 Å². The zero-order valence-corrected chi connectivity index (χ0v) is 14.3. The molecule has 0 radical (unpaired) electrons. The molecular weight excluding hydrogens is 315 g/mol. The molecule has 7 nitrogen and oxygen atoms in total. The lowest BCUT2D eigenvalue weighted by Gasteiger charge is -2.27. The average Bonchev–Trinajstić information content (AvgIpc) is 3.20. The smallest absolute Gasteiger partial charge is 0.309 e. The fourth-order valence-corrected chi connectivity index (χ4v) is 3.52. The molecule has 0 spiro atoms. The van der Waals surface area contributed by atoms with Gasteiger partial charge in [0.15, 0.2) is 5.82 Å². The molecule has 3 heterocycles. The van der Waals surface area contributed by atoms with Crippen LogP contribution in [0.1, 0.15) is 31.0 Å². The van der Waals surface area contributed by atoms with Crippen LogP contribution in [0.2, 0.25) is 0 Å². The molecule has 1 aromatic rings. The van der Waals surface area contributed by atoms with Gasteiger partial charge in [0.05, 0.1) is 19.1 Å². The molecule has 2 fully saturated rings. The lowest BCUT2D eigenvalue weighted by Crippen LogP contribution is -2.39. The Morgan fingerprint density at radius 3 is 2.96 bits per heavy atom. The molecule has 24 heavy (non-hydrogen) atoms. The molecule has 3 rings (SSSR count). The van der Waals surface area contributed by atoms with Crippen molar-refractivity contribution in [2.45, 2.75) is 44.9 Å². The van der Waals surface area contributed by atoms with Crippen molar-refractivity contribution in [3.05, 3.63) is 11.7 Å². The molecule has 2 saturated heterocycles. The molecule has 0 saturated carbocycles. The van der Waals surface area contributed by atoms with E-state index in [1.54, 1.807) is 6.92 Å². The molecule has 0 bridgehead atoms. The summed E-state index contributed by atoms with van der Waals surface area (Å²) in [5.41, 5.74) is 0. The van der Waals surface area contributed by atoms with Crippen LogP contribution in [-0.4, -0.2) is 71.4 Å². The van der Waals surface area contributed by atoms with Crippen LogP contribution in [0.4, 0.5) is 4.39 Å². The number of likely N-dealkylation sites (N-methyl/N-ethyl adjacent to an activating group) is 1. The Kier molecular flexibility index (Phi) is 5.45. The van der Waals surface area contributed by atoms with Gasteiger partial charge in [-0.05, 0) is 32.9 Å². The van der Waals surface area contributed by atoms with E-state index in [1.807, 2.05) is 7.05 Å². The number of alkyl halides is 1. The summed E-state index contributed by atoms with van der Waals surface area (Å²) in [6.45, 7) is 4.77. The Morgan fingerprint density at radius 2 is 2.29 bits per heavy atom. The number of ether oxygens (including phenoxy) is 1. The number of cyclic esters (lactones) is 1. The summed E-state index contributed by atoms with van der Waals surface area (Å²) >= 11 is 0. The summed E-state index contributed by atoms with van der Waals surface area (Å²) in [5, 5.41) is 3.90. The fourth-order valence-electron chi connectivity index (χ4n) is 3.52. The number of nitrogens with zero attached hydrogens (tertiary/aromatic N) is 4. The minimum Gasteiger partial charge on any atom is -0.465 e. The van der Waals surface area contributed by atoms with E-state index in [4.69, 9.17) is 9.26 Å². The summed E-state index contributed by atoms with van der Waals surface area (Å²) in [7, 11) is 2.02. The van der Waals surface area contributed by atoms with Crippen molar-refractivity contribution in [3.63, 3.8) is 0 Å². The second-order valence-electron chi connectivity index (χ2n) is 6.85.